The number of anilines is 1. The first-order valence-electron chi connectivity index (χ1n) is 10.6. The number of nitrogens with zero attached hydrogens (tertiary/aromatic N) is 1. The van der Waals surface area contributed by atoms with Gasteiger partial charge < -0.3 is 10.1 Å². The van der Waals surface area contributed by atoms with Gasteiger partial charge in [-0.05, 0) is 48.7 Å². The first-order valence-corrected chi connectivity index (χ1v) is 10.6. The van der Waals surface area contributed by atoms with E-state index in [0.717, 1.165) is 31.2 Å². The fourth-order valence-corrected chi connectivity index (χ4v) is 4.37. The molecule has 1 heterocycles. The molecule has 1 aliphatic carbocycles. The molecule has 1 saturated carbocycles. The van der Waals surface area contributed by atoms with Crippen molar-refractivity contribution < 1.29 is 14.3 Å². The molecular weight excluding hydrogens is 376 g/mol. The highest BCUT2D eigenvalue weighted by molar-refractivity contribution is 6.15. The zero-order valence-electron chi connectivity index (χ0n) is 17.3. The average Bonchev–Trinajstić information content (AvgIpc) is 2.78. The van der Waals surface area contributed by atoms with Crippen molar-refractivity contribution in [3.8, 4) is 5.75 Å². The van der Waals surface area contributed by atoms with Crippen LogP contribution in [0.25, 0.3) is 6.08 Å². The molecule has 0 radical (unpaired) electrons. The van der Waals surface area contributed by atoms with Crippen LogP contribution in [0.5, 0.6) is 5.75 Å². The molecule has 30 heavy (non-hydrogen) atoms. The lowest BCUT2D eigenvalue weighted by atomic mass is 9.80. The summed E-state index contributed by atoms with van der Waals surface area (Å²) in [4.78, 5) is 27.8. The summed E-state index contributed by atoms with van der Waals surface area (Å²) in [5, 5.41) is 3.23. The number of amides is 2. The summed E-state index contributed by atoms with van der Waals surface area (Å²) in [5.41, 5.74) is 0.679. The van der Waals surface area contributed by atoms with E-state index in [9.17, 15) is 9.59 Å². The van der Waals surface area contributed by atoms with Crippen LogP contribution >= 0.6 is 0 Å². The predicted octanol–water partition coefficient (Wildman–Crippen LogP) is 4.33. The molecule has 0 spiro atoms. The van der Waals surface area contributed by atoms with Gasteiger partial charge in [0.05, 0.1) is 13.5 Å². The molecule has 156 valence electrons. The van der Waals surface area contributed by atoms with Crippen molar-refractivity contribution in [3.05, 3.63) is 66.2 Å². The van der Waals surface area contributed by atoms with Crippen LogP contribution in [0.2, 0.25) is 0 Å². The third-order valence-corrected chi connectivity index (χ3v) is 6.08. The quantitative estimate of drug-likeness (QED) is 0.729. The Morgan fingerprint density at radius 3 is 2.40 bits per heavy atom. The highest BCUT2D eigenvalue weighted by atomic mass is 16.5. The smallest absolute Gasteiger partial charge is 0.251 e. The van der Waals surface area contributed by atoms with Gasteiger partial charge in [0.25, 0.3) is 5.91 Å². The lowest BCUT2D eigenvalue weighted by molar-refractivity contribution is -0.137. The molecule has 5 nitrogen and oxygen atoms in total. The summed E-state index contributed by atoms with van der Waals surface area (Å²) in [7, 11) is 1.61. The van der Waals surface area contributed by atoms with Crippen molar-refractivity contribution in [1.82, 2.24) is 5.32 Å². The van der Waals surface area contributed by atoms with Crippen LogP contribution in [0.3, 0.4) is 0 Å². The number of hydrogen-bond acceptors (Lipinski definition) is 3. The summed E-state index contributed by atoms with van der Waals surface area (Å²) in [5.74, 6) is 0.553. The van der Waals surface area contributed by atoms with Crippen LogP contribution in [0.1, 0.15) is 44.1 Å². The molecule has 1 N–H and O–H groups in total. The average molecular weight is 405 g/mol. The fraction of sp³-hybridized carbons (Fsp3) is 0.360. The second kappa shape index (κ2) is 8.74. The monoisotopic (exact) mass is 404 g/mol. The van der Waals surface area contributed by atoms with Crippen LogP contribution in [-0.4, -0.2) is 30.5 Å². The number of carbonyl (C=O) groups is 2. The zero-order valence-corrected chi connectivity index (χ0v) is 17.3. The zero-order chi connectivity index (χ0) is 21.0. The number of benzene rings is 2. The number of carbonyl (C=O) groups excluding carboxylic acids is 2. The van der Waals surface area contributed by atoms with Gasteiger partial charge in [0, 0.05) is 11.7 Å². The van der Waals surface area contributed by atoms with Crippen LogP contribution in [0, 0.1) is 0 Å². The highest BCUT2D eigenvalue weighted by Gasteiger charge is 2.55. The van der Waals surface area contributed by atoms with E-state index in [-0.39, 0.29) is 24.3 Å². The summed E-state index contributed by atoms with van der Waals surface area (Å²) in [6.07, 6.45) is 9.48. The maximum atomic E-state index is 13.5. The summed E-state index contributed by atoms with van der Waals surface area (Å²) in [6.45, 7) is 0. The number of rotatable bonds is 6. The minimum Gasteiger partial charge on any atom is -0.497 e. The predicted molar refractivity (Wildman–Crippen MR) is 118 cm³/mol. The summed E-state index contributed by atoms with van der Waals surface area (Å²) >= 11 is 0. The van der Waals surface area contributed by atoms with E-state index < -0.39 is 5.54 Å². The minimum absolute atomic E-state index is 0.0586. The Bertz CT molecular complexity index is 917. The van der Waals surface area contributed by atoms with Crippen LogP contribution < -0.4 is 15.0 Å². The molecule has 2 amide bonds. The molecular formula is C25H28N2O3. The molecule has 1 aliphatic heterocycles. The largest absolute Gasteiger partial charge is 0.497 e. The Labute approximate surface area is 177 Å². The SMILES string of the molecule is COc1ccc(N2C(=O)C[C@@]2(/C=C/c2ccccc2)C(=O)NC2CCCCC2)cc1. The van der Waals surface area contributed by atoms with E-state index in [2.05, 4.69) is 5.32 Å². The lowest BCUT2D eigenvalue weighted by Gasteiger charge is -2.49. The standard InChI is InChI=1S/C25H28N2O3/c1-30-22-14-12-21(13-15-22)27-23(28)18-25(27,17-16-19-8-4-2-5-9-19)24(29)26-20-10-6-3-7-11-20/h2,4-5,8-9,12-17,20H,3,6-7,10-11,18H2,1H3,(H,26,29)/b17-16+/t25-/m0/s1. The van der Waals surface area contributed by atoms with Crippen molar-refractivity contribution in [3.63, 3.8) is 0 Å². The Morgan fingerprint density at radius 1 is 1.07 bits per heavy atom. The van der Waals surface area contributed by atoms with E-state index in [1.807, 2.05) is 66.7 Å². The Kier molecular flexibility index (Phi) is 5.88. The summed E-state index contributed by atoms with van der Waals surface area (Å²) < 4.78 is 5.24. The van der Waals surface area contributed by atoms with Crippen LogP contribution in [0.15, 0.2) is 60.7 Å². The maximum absolute atomic E-state index is 13.5. The Hall–Kier alpha value is -3.08. The first-order chi connectivity index (χ1) is 14.6. The van der Waals surface area contributed by atoms with E-state index in [1.54, 1.807) is 12.0 Å². The topological polar surface area (TPSA) is 58.6 Å². The molecule has 4 rings (SSSR count). The van der Waals surface area contributed by atoms with Crippen LogP contribution in [-0.2, 0) is 9.59 Å². The summed E-state index contributed by atoms with van der Waals surface area (Å²) in [6, 6.07) is 17.3. The van der Waals surface area contributed by atoms with Crippen molar-refractivity contribution in [1.29, 1.82) is 0 Å². The minimum atomic E-state index is -1.01. The van der Waals surface area contributed by atoms with Crippen molar-refractivity contribution >= 4 is 23.6 Å². The molecule has 2 aromatic carbocycles. The van der Waals surface area contributed by atoms with Gasteiger partial charge >= 0.3 is 0 Å². The van der Waals surface area contributed by atoms with Crippen molar-refractivity contribution in [2.24, 2.45) is 0 Å². The molecule has 0 bridgehead atoms. The normalized spacial score (nSPS) is 22.0. The van der Waals surface area contributed by atoms with Crippen LogP contribution in [0.4, 0.5) is 5.69 Å². The molecule has 5 heteroatoms. The number of nitrogens with one attached hydrogen (secondary N) is 1. The molecule has 0 unspecified atom stereocenters. The third-order valence-electron chi connectivity index (χ3n) is 6.08. The number of methoxy groups -OCH3 is 1. The Balaban J connectivity index is 1.66. The Morgan fingerprint density at radius 2 is 1.77 bits per heavy atom. The number of ether oxygens (including phenoxy) is 1. The van der Waals surface area contributed by atoms with Crippen molar-refractivity contribution in [2.45, 2.75) is 50.1 Å². The van der Waals surface area contributed by atoms with E-state index >= 15 is 0 Å². The molecule has 2 aromatic rings. The van der Waals surface area contributed by atoms with E-state index in [4.69, 9.17) is 4.74 Å². The number of hydrogen-bond donors (Lipinski definition) is 1. The molecule has 1 atom stereocenters. The fourth-order valence-electron chi connectivity index (χ4n) is 4.37. The highest BCUT2D eigenvalue weighted by Crippen LogP contribution is 2.40. The third kappa shape index (κ3) is 3.97. The molecule has 2 fully saturated rings. The molecule has 0 aromatic heterocycles. The van der Waals surface area contributed by atoms with Gasteiger partial charge in [-0.15, -0.1) is 0 Å². The first kappa shape index (κ1) is 20.2. The number of β-lactam (4-membered cyclic amide) rings is 1. The lowest BCUT2D eigenvalue weighted by Crippen LogP contribution is -2.70. The van der Waals surface area contributed by atoms with Gasteiger partial charge in [-0.1, -0.05) is 55.7 Å². The van der Waals surface area contributed by atoms with Gasteiger partial charge in [0.2, 0.25) is 5.91 Å². The van der Waals surface area contributed by atoms with E-state index in [0.29, 0.717) is 11.4 Å². The van der Waals surface area contributed by atoms with Gasteiger partial charge in [0.1, 0.15) is 5.75 Å². The maximum Gasteiger partial charge on any atom is 0.251 e. The second-order valence-electron chi connectivity index (χ2n) is 8.08. The molecule has 1 saturated heterocycles. The van der Waals surface area contributed by atoms with Gasteiger partial charge in [0.15, 0.2) is 5.54 Å². The second-order valence-corrected chi connectivity index (χ2v) is 8.08. The van der Waals surface area contributed by atoms with Gasteiger partial charge in [-0.25, -0.2) is 0 Å². The van der Waals surface area contributed by atoms with Gasteiger partial charge in [-0.2, -0.15) is 0 Å². The van der Waals surface area contributed by atoms with Crippen molar-refractivity contribution in [2.75, 3.05) is 12.0 Å². The molecule has 2 aliphatic rings. The van der Waals surface area contributed by atoms with Gasteiger partial charge in [-0.3, -0.25) is 14.5 Å². The van der Waals surface area contributed by atoms with E-state index in [1.165, 1.54) is 6.42 Å².